The van der Waals surface area contributed by atoms with Crippen molar-refractivity contribution in [3.63, 3.8) is 0 Å². The summed E-state index contributed by atoms with van der Waals surface area (Å²) in [6.45, 7) is 11.0. The summed E-state index contributed by atoms with van der Waals surface area (Å²) in [4.78, 5) is 51.4. The first-order chi connectivity index (χ1) is 37.5. The van der Waals surface area contributed by atoms with Gasteiger partial charge in [0, 0.05) is 25.8 Å². The first kappa shape index (κ1) is 62.4. The van der Waals surface area contributed by atoms with Crippen LogP contribution in [0, 0.1) is 64.1 Å². The third-order valence-corrected chi connectivity index (χ3v) is 21.4. The highest BCUT2D eigenvalue weighted by Crippen LogP contribution is 2.68. The maximum atomic E-state index is 14.3. The monoisotopic (exact) mass is 1120 g/mol. The van der Waals surface area contributed by atoms with Gasteiger partial charge in [0.1, 0.15) is 42.7 Å². The molecule has 0 radical (unpaired) electrons. The van der Waals surface area contributed by atoms with E-state index < -0.39 is 128 Å². The second-order valence-electron chi connectivity index (χ2n) is 26.0. The number of aliphatic hydroxyl groups excluding tert-OH is 7. The number of nitrogens with one attached hydrogen (secondary N) is 2. The molecule has 2 amide bonds. The van der Waals surface area contributed by atoms with Gasteiger partial charge < -0.3 is 85.0 Å². The zero-order chi connectivity index (χ0) is 57.2. The zero-order valence-electron chi connectivity index (χ0n) is 47.4. The number of carbonyl (C=O) groups is 4. The first-order valence-electron chi connectivity index (χ1n) is 30.1. The summed E-state index contributed by atoms with van der Waals surface area (Å²) < 4.78 is 38.1. The third kappa shape index (κ3) is 13.3. The minimum atomic E-state index is -1.67. The average molecular weight is 1130 g/mol. The molecule has 21 nitrogen and oxygen atoms in total. The van der Waals surface area contributed by atoms with E-state index in [1.165, 1.54) is 13.8 Å². The van der Waals surface area contributed by atoms with Crippen LogP contribution >= 0.6 is 0 Å². The first-order valence-corrected chi connectivity index (χ1v) is 30.1. The summed E-state index contributed by atoms with van der Waals surface area (Å²) >= 11 is 0. The molecule has 0 spiro atoms. The Morgan fingerprint density at radius 3 is 2.20 bits per heavy atom. The number of hydrogen-bond donors (Lipinski definition) is 11. The van der Waals surface area contributed by atoms with Crippen LogP contribution in [0.1, 0.15) is 157 Å². The van der Waals surface area contributed by atoms with Crippen molar-refractivity contribution in [1.29, 1.82) is 0 Å². The predicted octanol–water partition coefficient (Wildman–Crippen LogP) is 3.01. The fraction of sp³-hybridized carbons (Fsp3) is 0.931. The van der Waals surface area contributed by atoms with Crippen LogP contribution in [-0.4, -0.2) is 187 Å². The second kappa shape index (κ2) is 26.5. The molecule has 0 aromatic carbocycles. The summed E-state index contributed by atoms with van der Waals surface area (Å²) in [6, 6.07) is -1.32. The molecule has 0 bridgehead atoms. The zero-order valence-corrected chi connectivity index (χ0v) is 47.4. The molecule has 2 aliphatic heterocycles. The molecule has 21 heteroatoms. The average Bonchev–Trinajstić information content (AvgIpc) is 4.08. The van der Waals surface area contributed by atoms with Crippen molar-refractivity contribution in [3.8, 4) is 0 Å². The maximum Gasteiger partial charge on any atom is 0.332 e. The van der Waals surface area contributed by atoms with Gasteiger partial charge >= 0.3 is 11.9 Å². The van der Waals surface area contributed by atoms with E-state index in [1.807, 2.05) is 6.92 Å². The van der Waals surface area contributed by atoms with E-state index in [9.17, 15) is 65.1 Å². The number of aliphatic carboxylic acids is 2. The van der Waals surface area contributed by atoms with Gasteiger partial charge in [-0.3, -0.25) is 14.4 Å². The van der Waals surface area contributed by atoms with Gasteiger partial charge in [0.15, 0.2) is 18.7 Å². The molecule has 8 rings (SSSR count). The molecule has 11 N–H and O–H groups in total. The van der Waals surface area contributed by atoms with E-state index in [2.05, 4.69) is 31.4 Å². The van der Waals surface area contributed by atoms with Crippen LogP contribution in [0.2, 0.25) is 0 Å². The van der Waals surface area contributed by atoms with Crippen molar-refractivity contribution in [2.75, 3.05) is 19.8 Å². The Morgan fingerprint density at radius 2 is 1.53 bits per heavy atom. The number of fused-ring (bicyclic) bond motifs is 5. The minimum Gasteiger partial charge on any atom is -0.481 e. The molecule has 6 saturated carbocycles. The number of aliphatic hydroxyl groups is 7. The topological polar surface area (TPSA) is 330 Å². The fourth-order valence-electron chi connectivity index (χ4n) is 16.9. The summed E-state index contributed by atoms with van der Waals surface area (Å²) in [5.74, 6) is -3.09. The van der Waals surface area contributed by atoms with Gasteiger partial charge in [0.05, 0.1) is 49.8 Å². The van der Waals surface area contributed by atoms with Crippen LogP contribution in [0.5, 0.6) is 0 Å². The van der Waals surface area contributed by atoms with Crippen molar-refractivity contribution in [2.45, 2.75) is 255 Å². The number of carbonyl (C=O) groups excluding carboxylic acids is 2. The third-order valence-electron chi connectivity index (χ3n) is 21.4. The van der Waals surface area contributed by atoms with Gasteiger partial charge in [-0.2, -0.15) is 0 Å². The van der Waals surface area contributed by atoms with Gasteiger partial charge in [0.25, 0.3) is 0 Å². The molecule has 26 atom stereocenters. The lowest BCUT2D eigenvalue weighted by Crippen LogP contribution is -2.67. The lowest BCUT2D eigenvalue weighted by Gasteiger charge is -2.63. The highest BCUT2D eigenvalue weighted by Gasteiger charge is 2.66. The molecule has 0 aromatic rings. The number of hydrogen-bond acceptors (Lipinski definition) is 17. The van der Waals surface area contributed by atoms with Gasteiger partial charge in [0.2, 0.25) is 11.8 Å². The fourth-order valence-corrected chi connectivity index (χ4v) is 16.9. The Labute approximate surface area is 465 Å². The van der Waals surface area contributed by atoms with E-state index in [4.69, 9.17) is 28.4 Å². The molecule has 8 fully saturated rings. The van der Waals surface area contributed by atoms with Crippen LogP contribution in [-0.2, 0) is 47.6 Å². The Bertz CT molecular complexity index is 2050. The molecule has 6 aliphatic carbocycles. The number of carboxylic acid groups (broad SMARTS) is 2. The second-order valence-corrected chi connectivity index (χ2v) is 26.0. The minimum absolute atomic E-state index is 0.00778. The molecule has 452 valence electrons. The van der Waals surface area contributed by atoms with Crippen LogP contribution in [0.4, 0.5) is 0 Å². The Kier molecular flexibility index (Phi) is 20.9. The van der Waals surface area contributed by atoms with Gasteiger partial charge in [-0.05, 0) is 136 Å². The summed E-state index contributed by atoms with van der Waals surface area (Å²) in [6.07, 6.45) is -5.78. The molecular weight excluding hydrogens is 1030 g/mol. The van der Waals surface area contributed by atoms with Crippen molar-refractivity contribution in [2.24, 2.45) is 64.1 Å². The summed E-state index contributed by atoms with van der Waals surface area (Å²) in [7, 11) is 0. The van der Waals surface area contributed by atoms with Crippen LogP contribution in [0.3, 0.4) is 0 Å². The van der Waals surface area contributed by atoms with Gasteiger partial charge in [-0.1, -0.05) is 66.2 Å². The quantitative estimate of drug-likeness (QED) is 0.0736. The molecule has 1 unspecified atom stereocenters. The highest BCUT2D eigenvalue weighted by atomic mass is 16.7. The van der Waals surface area contributed by atoms with E-state index in [0.717, 1.165) is 64.2 Å². The molecular formula is C58H96N2O19. The van der Waals surface area contributed by atoms with Crippen LogP contribution < -0.4 is 10.6 Å². The normalized spacial score (nSPS) is 45.3. The van der Waals surface area contributed by atoms with Gasteiger partial charge in [-0.15, -0.1) is 0 Å². The van der Waals surface area contributed by atoms with Crippen molar-refractivity contribution in [3.05, 3.63) is 0 Å². The Morgan fingerprint density at radius 1 is 0.797 bits per heavy atom. The number of ether oxygens (including phenoxy) is 6. The van der Waals surface area contributed by atoms with E-state index in [-0.39, 0.29) is 96.7 Å². The lowest BCUT2D eigenvalue weighted by atomic mass is 9.43. The number of rotatable bonds is 21. The standard InChI is InChI=1S/C58H96N2O19/c1-7-32-22-33(53(71)59-19-20-74-35-17-18-57(5)34(24-35)25-39(63)45-37-15-14-36(28(2)13-16-44(65)66)58(37,6)43(64)26-38(45)57)23-40(51(32)79-56-50(70)49(69)47(67)29(3)75-56)77-55-46(60-30(4)62)52(48(68)42(27-61)78-55)76-41(54(72)73)21-31-11-9-8-10-12-31/h28-29,31-43,45-52,55-56,61,63-64,67-70H,7-27H2,1-6H3,(H,59,71)(H,60,62)(H,65,66)(H,72,73)/t28-,29+,32+,33-,34?,35-,36-,37+,38+,39-,40-,41+,42-,43+,45+,46-,47-,48+,49-,50+,51-,52-,55-,56+,57+,58-/m1/s1. The molecule has 2 heterocycles. The van der Waals surface area contributed by atoms with Crippen molar-refractivity contribution >= 4 is 23.8 Å². The van der Waals surface area contributed by atoms with Crippen LogP contribution in [0.25, 0.3) is 0 Å². The molecule has 2 saturated heterocycles. The SMILES string of the molecule is CC[C@H]1C[C@@H](C(=O)NCCO[C@@H]2CC[C@@]3(C)C(C2)C[C@@H](O)[C@H]2[C@@H]4CC[C@H]([C@H](C)CCC(=O)O)[C@@]4(C)[C@@H](O)C[C@@H]23)C[C@@H](O[C@@H]2O[C@H](CO)[C@H](O)[C@H](O[C@@H](CC3CCCCC3)C(=O)O)[C@H]2NC(C)=O)[C@@H]1O[C@@H]1O[C@@H](C)[C@@H](O)[C@@H](O)[C@@H]1O. The van der Waals surface area contributed by atoms with E-state index in [0.29, 0.717) is 32.1 Å². The van der Waals surface area contributed by atoms with Gasteiger partial charge in [-0.25, -0.2) is 4.79 Å². The largest absolute Gasteiger partial charge is 0.481 e. The lowest BCUT2D eigenvalue weighted by molar-refractivity contribution is -0.338. The van der Waals surface area contributed by atoms with E-state index in [1.54, 1.807) is 0 Å². The van der Waals surface area contributed by atoms with Crippen molar-refractivity contribution in [1.82, 2.24) is 10.6 Å². The Balaban J connectivity index is 0.932. The Hall–Kier alpha value is -2.64. The number of carboxylic acids is 2. The van der Waals surface area contributed by atoms with E-state index >= 15 is 0 Å². The maximum absolute atomic E-state index is 14.3. The molecule has 0 aromatic heterocycles. The summed E-state index contributed by atoms with van der Waals surface area (Å²) in [5.41, 5.74) is -0.483. The highest BCUT2D eigenvalue weighted by molar-refractivity contribution is 5.79. The number of amides is 2. The van der Waals surface area contributed by atoms with Crippen molar-refractivity contribution < 1.29 is 93.6 Å². The summed E-state index contributed by atoms with van der Waals surface area (Å²) in [5, 5.41) is 104. The predicted molar refractivity (Wildman–Crippen MR) is 282 cm³/mol. The van der Waals surface area contributed by atoms with Crippen LogP contribution in [0.15, 0.2) is 0 Å². The molecule has 8 aliphatic rings. The smallest absolute Gasteiger partial charge is 0.332 e. The molecule has 79 heavy (non-hydrogen) atoms.